The zero-order chi connectivity index (χ0) is 19.4. The number of rotatable bonds is 9. The van der Waals surface area contributed by atoms with Crippen molar-refractivity contribution in [3.63, 3.8) is 0 Å². The molecule has 1 fully saturated rings. The first kappa shape index (κ1) is 21.7. The molecule has 0 saturated carbocycles. The van der Waals surface area contributed by atoms with Gasteiger partial charge in [-0.25, -0.2) is 9.36 Å². The lowest BCUT2D eigenvalue weighted by molar-refractivity contribution is -0.149. The van der Waals surface area contributed by atoms with E-state index in [2.05, 4.69) is 5.32 Å². The molecule has 0 aromatic heterocycles. The Labute approximate surface area is 142 Å². The summed E-state index contributed by atoms with van der Waals surface area (Å²) in [6.45, 7) is -0.784. The lowest BCUT2D eigenvalue weighted by Crippen LogP contribution is -2.50. The van der Waals surface area contributed by atoms with Crippen molar-refractivity contribution in [3.8, 4) is 0 Å². The number of amides is 2. The second-order valence-electron chi connectivity index (χ2n) is 5.41. The van der Waals surface area contributed by atoms with Gasteiger partial charge in [-0.3, -0.25) is 4.79 Å². The van der Waals surface area contributed by atoms with Crippen LogP contribution >= 0.6 is 7.75 Å². The summed E-state index contributed by atoms with van der Waals surface area (Å²) >= 11 is 0. The van der Waals surface area contributed by atoms with Crippen LogP contribution < -0.4 is 11.1 Å². The number of hydrogen-bond donors (Lipinski definition) is 8. The van der Waals surface area contributed by atoms with Crippen molar-refractivity contribution in [3.05, 3.63) is 0 Å². The highest BCUT2D eigenvalue weighted by Gasteiger charge is 2.53. The van der Waals surface area contributed by atoms with Gasteiger partial charge in [0.15, 0.2) is 0 Å². The number of aliphatic carboxylic acids is 1. The van der Waals surface area contributed by atoms with Gasteiger partial charge in [0.1, 0.15) is 30.6 Å². The molecule has 1 unspecified atom stereocenters. The summed E-state index contributed by atoms with van der Waals surface area (Å²) in [5.41, 5.74) is 4.86. The number of nitrogens with two attached hydrogens (primary N) is 1. The van der Waals surface area contributed by atoms with Gasteiger partial charge in [-0.15, -0.1) is 0 Å². The molecule has 1 heterocycles. The maximum absolute atomic E-state index is 11.8. The minimum Gasteiger partial charge on any atom is -0.480 e. The Morgan fingerprint density at radius 2 is 1.88 bits per heavy atom. The number of aliphatic hydroxyl groups is 3. The van der Waals surface area contributed by atoms with E-state index in [-0.39, 0.29) is 24.1 Å². The number of carboxylic acid groups (broad SMARTS) is 1. The summed E-state index contributed by atoms with van der Waals surface area (Å²) in [7, 11) is -5.24. The number of carbonyl (C=O) groups is 2. The largest absolute Gasteiger partial charge is 0.480 e. The molecule has 0 aliphatic carbocycles. The highest BCUT2D eigenvalue weighted by molar-refractivity contribution is 7.49. The van der Waals surface area contributed by atoms with Crippen LogP contribution in [-0.2, 0) is 14.1 Å². The van der Waals surface area contributed by atoms with Gasteiger partial charge in [0, 0.05) is 6.54 Å². The molecule has 0 spiro atoms. The molecule has 13 nitrogen and oxygen atoms in total. The van der Waals surface area contributed by atoms with Crippen LogP contribution in [-0.4, -0.2) is 90.6 Å². The predicted octanol–water partition coefficient (Wildman–Crippen LogP) is -3.28. The molecule has 5 atom stereocenters. The Morgan fingerprint density at radius 1 is 1.28 bits per heavy atom. The lowest BCUT2D eigenvalue weighted by Gasteiger charge is -2.34. The Balaban J connectivity index is 3.00. The fourth-order valence-electron chi connectivity index (χ4n) is 2.48. The fraction of sp³-hybridized carbons (Fsp3) is 0.818. The number of nitrogens with one attached hydrogen (secondary N) is 1. The second-order valence-corrected chi connectivity index (χ2v) is 6.90. The topological polar surface area (TPSA) is 223 Å². The van der Waals surface area contributed by atoms with Crippen molar-refractivity contribution in [1.82, 2.24) is 9.99 Å². The standard InChI is InChI=1S/C11H22N3O10P/c12-11(20)13-3-1-2-5(10(18)19)14(25(21,22)23)9-8(17)7(16)6(4-15)24-9/h5-9,15-17H,1-4H2,(H,18,19)(H3,12,13,20)(H2,21,22,23)/t5-,6+,7+,8+,9?/m0/s1. The maximum atomic E-state index is 11.8. The normalized spacial score (nSPS) is 28.1. The van der Waals surface area contributed by atoms with Crippen LogP contribution in [0.2, 0.25) is 0 Å². The summed E-state index contributed by atoms with van der Waals surface area (Å²) in [5, 5.41) is 40.2. The molecule has 0 bridgehead atoms. The number of carbonyl (C=O) groups excluding carboxylic acids is 1. The van der Waals surface area contributed by atoms with Crippen molar-refractivity contribution < 1.29 is 49.1 Å². The third-order valence-corrected chi connectivity index (χ3v) is 4.74. The molecule has 146 valence electrons. The molecular weight excluding hydrogens is 365 g/mol. The monoisotopic (exact) mass is 387 g/mol. The lowest BCUT2D eigenvalue weighted by atomic mass is 10.1. The van der Waals surface area contributed by atoms with Crippen LogP contribution in [0.5, 0.6) is 0 Å². The van der Waals surface area contributed by atoms with Gasteiger partial charge in [0.25, 0.3) is 0 Å². The number of nitrogens with zero attached hydrogens (tertiary/aromatic N) is 1. The fourth-order valence-corrected chi connectivity index (χ4v) is 3.55. The van der Waals surface area contributed by atoms with Gasteiger partial charge in [-0.1, -0.05) is 0 Å². The first-order chi connectivity index (χ1) is 11.5. The van der Waals surface area contributed by atoms with Crippen molar-refractivity contribution >= 4 is 19.7 Å². The zero-order valence-corrected chi connectivity index (χ0v) is 13.9. The Morgan fingerprint density at radius 3 is 2.28 bits per heavy atom. The molecule has 1 saturated heterocycles. The van der Waals surface area contributed by atoms with Gasteiger partial charge >= 0.3 is 19.7 Å². The Bertz CT molecular complexity index is 528. The number of hydrogen-bond acceptors (Lipinski definition) is 7. The van der Waals surface area contributed by atoms with Crippen molar-refractivity contribution in [2.24, 2.45) is 5.73 Å². The number of aliphatic hydroxyl groups excluding tert-OH is 3. The quantitative estimate of drug-likeness (QED) is 0.145. The van der Waals surface area contributed by atoms with Gasteiger partial charge in [-0.05, 0) is 12.8 Å². The minimum atomic E-state index is -5.24. The zero-order valence-electron chi connectivity index (χ0n) is 13.0. The number of carboxylic acids is 1. The molecule has 1 aliphatic rings. The van der Waals surface area contributed by atoms with Crippen molar-refractivity contribution in [1.29, 1.82) is 0 Å². The van der Waals surface area contributed by atoms with Crippen molar-refractivity contribution in [2.45, 2.75) is 43.4 Å². The molecule has 1 aliphatic heterocycles. The van der Waals surface area contributed by atoms with E-state index in [1.165, 1.54) is 0 Å². The summed E-state index contributed by atoms with van der Waals surface area (Å²) in [4.78, 5) is 41.1. The van der Waals surface area contributed by atoms with E-state index in [0.29, 0.717) is 0 Å². The first-order valence-electron chi connectivity index (χ1n) is 7.23. The Kier molecular flexibility index (Phi) is 7.71. The average molecular weight is 387 g/mol. The molecule has 0 radical (unpaired) electrons. The molecule has 14 heteroatoms. The SMILES string of the molecule is NC(=O)NCCC[C@@H](C(=O)O)N(C1O[C@H](CO)[C@@H](O)[C@H]1O)P(=O)(O)O. The van der Waals surface area contributed by atoms with E-state index in [9.17, 15) is 39.3 Å². The summed E-state index contributed by atoms with van der Waals surface area (Å²) in [6.07, 6.45) is -7.01. The third-order valence-electron chi connectivity index (χ3n) is 3.64. The van der Waals surface area contributed by atoms with Crippen LogP contribution in [0, 0.1) is 0 Å². The maximum Gasteiger partial charge on any atom is 0.406 e. The molecule has 25 heavy (non-hydrogen) atoms. The summed E-state index contributed by atoms with van der Waals surface area (Å²) < 4.78 is 17.0. The first-order valence-corrected chi connectivity index (χ1v) is 8.80. The summed E-state index contributed by atoms with van der Waals surface area (Å²) in [5.74, 6) is -1.61. The van der Waals surface area contributed by atoms with E-state index in [0.717, 1.165) is 0 Å². The van der Waals surface area contributed by atoms with Crippen LogP contribution in [0.3, 0.4) is 0 Å². The van der Waals surface area contributed by atoms with Gasteiger partial charge in [-0.2, -0.15) is 4.67 Å². The number of primary amides is 1. The number of ether oxygens (including phenoxy) is 1. The molecular formula is C11H22N3O10P. The Hall–Kier alpha value is -1.31. The van der Waals surface area contributed by atoms with Crippen molar-refractivity contribution in [2.75, 3.05) is 13.2 Å². The van der Waals surface area contributed by atoms with E-state index >= 15 is 0 Å². The van der Waals surface area contributed by atoms with Gasteiger partial charge < -0.3 is 46.0 Å². The van der Waals surface area contributed by atoms with Crippen LogP contribution in [0.25, 0.3) is 0 Å². The van der Waals surface area contributed by atoms with Crippen LogP contribution in [0.1, 0.15) is 12.8 Å². The molecule has 1 rings (SSSR count). The van der Waals surface area contributed by atoms with Gasteiger partial charge in [0.2, 0.25) is 0 Å². The summed E-state index contributed by atoms with van der Waals surface area (Å²) in [6, 6.07) is -2.64. The number of urea groups is 1. The molecule has 9 N–H and O–H groups in total. The van der Waals surface area contributed by atoms with E-state index < -0.39 is 56.9 Å². The molecule has 0 aromatic carbocycles. The van der Waals surface area contributed by atoms with E-state index in [4.69, 9.17) is 15.6 Å². The minimum absolute atomic E-state index is 0.00516. The van der Waals surface area contributed by atoms with E-state index in [1.807, 2.05) is 0 Å². The smallest absolute Gasteiger partial charge is 0.406 e. The highest BCUT2D eigenvalue weighted by atomic mass is 31.2. The highest BCUT2D eigenvalue weighted by Crippen LogP contribution is 2.47. The second kappa shape index (κ2) is 8.87. The molecule has 0 aromatic rings. The van der Waals surface area contributed by atoms with Gasteiger partial charge in [0.05, 0.1) is 6.61 Å². The predicted molar refractivity (Wildman–Crippen MR) is 79.9 cm³/mol. The third kappa shape index (κ3) is 5.59. The average Bonchev–Trinajstić information content (AvgIpc) is 2.76. The van der Waals surface area contributed by atoms with Crippen LogP contribution in [0.15, 0.2) is 0 Å². The molecule has 2 amide bonds. The van der Waals surface area contributed by atoms with E-state index in [1.54, 1.807) is 0 Å². The van der Waals surface area contributed by atoms with Crippen LogP contribution in [0.4, 0.5) is 4.79 Å².